The van der Waals surface area contributed by atoms with Gasteiger partial charge in [0.15, 0.2) is 11.6 Å². The number of carbonyl (C=O) groups is 2. The van der Waals surface area contributed by atoms with E-state index < -0.39 is 29.9 Å². The lowest BCUT2D eigenvalue weighted by Gasteiger charge is -2.21. The number of carboxylic acid groups (broad SMARTS) is 1. The average molecular weight is 550 g/mol. The number of hydrogen-bond donors (Lipinski definition) is 5. The van der Waals surface area contributed by atoms with Crippen molar-refractivity contribution in [3.8, 4) is 0 Å². The SMILES string of the molecule is CCCCCCCN(C)CC(=O)C(CC(=O)O)NC1OC1C(CC)n1ccnc(NC/C(=N/O)C(C)=N)c1=O. The highest BCUT2D eigenvalue weighted by atomic mass is 16.6. The van der Waals surface area contributed by atoms with Crippen molar-refractivity contribution in [1.29, 1.82) is 5.41 Å². The predicted molar refractivity (Wildman–Crippen MR) is 148 cm³/mol. The van der Waals surface area contributed by atoms with Crippen molar-refractivity contribution in [3.05, 3.63) is 22.7 Å². The Morgan fingerprint density at radius 3 is 2.62 bits per heavy atom. The normalized spacial score (nSPS) is 18.5. The molecule has 0 bridgehead atoms. The summed E-state index contributed by atoms with van der Waals surface area (Å²) in [5.74, 6) is -1.27. The van der Waals surface area contributed by atoms with Gasteiger partial charge in [0.1, 0.15) is 18.0 Å². The molecule has 0 spiro atoms. The lowest BCUT2D eigenvalue weighted by Crippen LogP contribution is -2.45. The van der Waals surface area contributed by atoms with Crippen molar-refractivity contribution >= 4 is 29.0 Å². The van der Waals surface area contributed by atoms with Crippen LogP contribution in [0.5, 0.6) is 0 Å². The number of nitrogens with zero attached hydrogens (tertiary/aromatic N) is 4. The number of epoxide rings is 1. The largest absolute Gasteiger partial charge is 0.481 e. The van der Waals surface area contributed by atoms with Crippen molar-refractivity contribution in [3.63, 3.8) is 0 Å². The molecule has 2 rings (SSSR count). The third-order valence-corrected chi connectivity index (χ3v) is 6.73. The van der Waals surface area contributed by atoms with Crippen LogP contribution in [-0.4, -0.2) is 93.0 Å². The molecule has 4 unspecified atom stereocenters. The van der Waals surface area contributed by atoms with Crippen LogP contribution in [-0.2, 0) is 14.3 Å². The van der Waals surface area contributed by atoms with Crippen LogP contribution in [0.3, 0.4) is 0 Å². The van der Waals surface area contributed by atoms with E-state index in [1.807, 2.05) is 18.9 Å². The number of carbonyl (C=O) groups excluding carboxylic acids is 1. The number of nitrogens with one attached hydrogen (secondary N) is 3. The number of likely N-dealkylation sites (N-methyl/N-ethyl adjacent to an activating group) is 1. The lowest BCUT2D eigenvalue weighted by molar-refractivity contribution is -0.139. The van der Waals surface area contributed by atoms with Gasteiger partial charge in [-0.2, -0.15) is 0 Å². The summed E-state index contributed by atoms with van der Waals surface area (Å²) in [6, 6.07) is -1.30. The molecule has 1 fully saturated rings. The number of ether oxygens (including phenoxy) is 1. The van der Waals surface area contributed by atoms with E-state index in [0.717, 1.165) is 19.4 Å². The number of aliphatic carboxylic acids is 1. The van der Waals surface area contributed by atoms with Crippen molar-refractivity contribution in [2.24, 2.45) is 5.16 Å². The van der Waals surface area contributed by atoms with E-state index in [2.05, 4.69) is 27.7 Å². The summed E-state index contributed by atoms with van der Waals surface area (Å²) < 4.78 is 7.27. The molecule has 0 aromatic carbocycles. The van der Waals surface area contributed by atoms with E-state index in [-0.39, 0.29) is 48.6 Å². The maximum absolute atomic E-state index is 13.1. The van der Waals surface area contributed by atoms with Gasteiger partial charge in [0.2, 0.25) is 0 Å². The number of anilines is 1. The Labute approximate surface area is 229 Å². The molecule has 1 saturated heterocycles. The fourth-order valence-corrected chi connectivity index (χ4v) is 4.43. The predicted octanol–water partition coefficient (Wildman–Crippen LogP) is 2.11. The highest BCUT2D eigenvalue weighted by Gasteiger charge is 2.47. The molecule has 1 aromatic heterocycles. The second kappa shape index (κ2) is 16.1. The Balaban J connectivity index is 2.02. The van der Waals surface area contributed by atoms with Crippen LogP contribution in [0.25, 0.3) is 0 Å². The van der Waals surface area contributed by atoms with Crippen LogP contribution in [0, 0.1) is 5.41 Å². The number of aromatic nitrogens is 2. The minimum Gasteiger partial charge on any atom is -0.481 e. The number of hydrogen-bond acceptors (Lipinski definition) is 11. The van der Waals surface area contributed by atoms with E-state index in [4.69, 9.17) is 15.4 Å². The summed E-state index contributed by atoms with van der Waals surface area (Å²) in [6.45, 7) is 6.38. The Bertz CT molecular complexity index is 1060. The quantitative estimate of drug-likeness (QED) is 0.0530. The maximum Gasteiger partial charge on any atom is 0.305 e. The van der Waals surface area contributed by atoms with Crippen LogP contribution in [0.15, 0.2) is 22.3 Å². The van der Waals surface area contributed by atoms with E-state index in [9.17, 15) is 19.5 Å². The molecule has 218 valence electrons. The minimum atomic E-state index is -1.08. The van der Waals surface area contributed by atoms with Gasteiger partial charge in [-0.1, -0.05) is 44.7 Å². The molecule has 0 radical (unpaired) electrons. The number of rotatable bonds is 20. The number of Topliss-reactive ketones (excluding diaryl/α,β-unsaturated/α-hetero) is 1. The molecule has 4 atom stereocenters. The zero-order chi connectivity index (χ0) is 28.9. The van der Waals surface area contributed by atoms with Crippen LogP contribution < -0.4 is 16.2 Å². The molecule has 1 aliphatic rings. The summed E-state index contributed by atoms with van der Waals surface area (Å²) in [5, 5.41) is 34.9. The minimum absolute atomic E-state index is 0.0279. The topological polar surface area (TPSA) is 186 Å². The highest BCUT2D eigenvalue weighted by molar-refractivity contribution is 6.41. The van der Waals surface area contributed by atoms with Crippen LogP contribution in [0.2, 0.25) is 0 Å². The van der Waals surface area contributed by atoms with Crippen molar-refractivity contribution in [2.75, 3.05) is 32.0 Å². The molecule has 5 N–H and O–H groups in total. The van der Waals surface area contributed by atoms with Crippen molar-refractivity contribution < 1.29 is 24.6 Å². The molecular formula is C26H43N7O6. The summed E-state index contributed by atoms with van der Waals surface area (Å²) in [6.07, 6.45) is 7.77. The van der Waals surface area contributed by atoms with Gasteiger partial charge in [0, 0.05) is 12.4 Å². The second-order valence-corrected chi connectivity index (χ2v) is 9.95. The van der Waals surface area contributed by atoms with Gasteiger partial charge in [-0.25, -0.2) is 4.98 Å². The Morgan fingerprint density at radius 1 is 1.28 bits per heavy atom. The van der Waals surface area contributed by atoms with Crippen molar-refractivity contribution in [2.45, 2.75) is 90.1 Å². The van der Waals surface area contributed by atoms with Crippen molar-refractivity contribution in [1.82, 2.24) is 19.8 Å². The monoisotopic (exact) mass is 549 g/mol. The number of carboxylic acids is 1. The Morgan fingerprint density at radius 2 is 2.00 bits per heavy atom. The van der Waals surface area contributed by atoms with E-state index >= 15 is 0 Å². The molecular weight excluding hydrogens is 506 g/mol. The molecule has 1 aromatic rings. The summed E-state index contributed by atoms with van der Waals surface area (Å²) >= 11 is 0. The lowest BCUT2D eigenvalue weighted by atomic mass is 10.1. The Hall–Kier alpha value is -3.16. The maximum atomic E-state index is 13.1. The van der Waals surface area contributed by atoms with Gasteiger partial charge in [0.05, 0.1) is 37.3 Å². The van der Waals surface area contributed by atoms with Gasteiger partial charge < -0.3 is 30.3 Å². The first-order valence-electron chi connectivity index (χ1n) is 13.5. The first-order chi connectivity index (χ1) is 18.6. The summed E-state index contributed by atoms with van der Waals surface area (Å²) in [5.41, 5.74) is -0.293. The zero-order valence-electron chi connectivity index (χ0n) is 23.4. The number of oxime groups is 1. The van der Waals surface area contributed by atoms with Gasteiger partial charge in [-0.15, -0.1) is 0 Å². The average Bonchev–Trinajstić information content (AvgIpc) is 3.64. The third kappa shape index (κ3) is 10.2. The van der Waals surface area contributed by atoms with Crippen LogP contribution in [0.1, 0.15) is 71.8 Å². The number of ketones is 1. The fraction of sp³-hybridized carbons (Fsp3) is 0.692. The molecule has 39 heavy (non-hydrogen) atoms. The first-order valence-corrected chi connectivity index (χ1v) is 13.5. The smallest absolute Gasteiger partial charge is 0.305 e. The molecule has 13 heteroatoms. The van der Waals surface area contributed by atoms with Gasteiger partial charge >= 0.3 is 5.97 Å². The molecule has 0 amide bonds. The van der Waals surface area contributed by atoms with Crippen LogP contribution >= 0.6 is 0 Å². The van der Waals surface area contributed by atoms with Gasteiger partial charge in [0.25, 0.3) is 5.56 Å². The molecule has 1 aliphatic heterocycles. The molecule has 0 saturated carbocycles. The van der Waals surface area contributed by atoms with Crippen LogP contribution in [0.4, 0.5) is 5.82 Å². The molecule has 13 nitrogen and oxygen atoms in total. The van der Waals surface area contributed by atoms with E-state index in [1.54, 1.807) is 6.20 Å². The van der Waals surface area contributed by atoms with Gasteiger partial charge in [-0.05, 0) is 33.4 Å². The fourth-order valence-electron chi connectivity index (χ4n) is 4.43. The highest BCUT2D eigenvalue weighted by Crippen LogP contribution is 2.33. The third-order valence-electron chi connectivity index (χ3n) is 6.73. The van der Waals surface area contributed by atoms with E-state index in [1.165, 1.54) is 37.0 Å². The zero-order valence-corrected chi connectivity index (χ0v) is 23.4. The standard InChI is InChI=1S/C26H43N7O6/c1-5-7-8-9-10-12-32(4)16-21(34)18(14-22(35)36)30-25-23(39-25)20(6-2)33-13-11-28-24(26(33)37)29-15-19(31-38)17(3)27/h11,13,18,20,23,25,27,30,38H,5-10,12,14-16H2,1-4H3,(H,28,29)(H,35,36)/b27-17?,31-19-. The van der Waals surface area contributed by atoms with E-state index in [0.29, 0.717) is 6.42 Å². The first kappa shape index (κ1) is 32.1. The Kier molecular flexibility index (Phi) is 13.2. The molecule has 2 heterocycles. The van der Waals surface area contributed by atoms with Gasteiger partial charge in [-0.3, -0.25) is 24.6 Å². The molecule has 0 aliphatic carbocycles. The summed E-state index contributed by atoms with van der Waals surface area (Å²) in [7, 11) is 1.86. The second-order valence-electron chi connectivity index (χ2n) is 9.95. The summed E-state index contributed by atoms with van der Waals surface area (Å²) in [4.78, 5) is 43.5. The number of unbranched alkanes of at least 4 members (excludes halogenated alkanes) is 4.